The monoisotopic (exact) mass is 878 g/mol. The van der Waals surface area contributed by atoms with Gasteiger partial charge < -0.3 is 21.8 Å². The van der Waals surface area contributed by atoms with Gasteiger partial charge in [0.1, 0.15) is 5.82 Å². The van der Waals surface area contributed by atoms with Crippen LogP contribution in [0, 0.1) is 68.0 Å². The number of para-hydroxylation sites is 1. The zero-order valence-corrected chi connectivity index (χ0v) is 34.1. The molecule has 0 fully saturated rings. The topological polar surface area (TPSA) is 24.3 Å². The van der Waals surface area contributed by atoms with Crippen LogP contribution >= 0.6 is 11.8 Å². The van der Waals surface area contributed by atoms with E-state index in [1.54, 1.807) is 11.8 Å². The molecule has 0 saturated heterocycles. The maximum Gasteiger partial charge on any atom is 0.136 e. The van der Waals surface area contributed by atoms with Crippen molar-refractivity contribution >= 4 is 44.9 Å². The Balaban J connectivity index is 0.00000232. The first kappa shape index (κ1) is 37.2. The quantitative estimate of drug-likeness (QED) is 0.155. The van der Waals surface area contributed by atoms with Gasteiger partial charge in [0, 0.05) is 50.9 Å². The van der Waals surface area contributed by atoms with Crippen LogP contribution in [0.25, 0.3) is 38.8 Å². The molecular weight excluding hydrogens is 836 g/mol. The van der Waals surface area contributed by atoms with Crippen molar-refractivity contribution in [1.82, 2.24) is 9.55 Å². The van der Waals surface area contributed by atoms with Gasteiger partial charge >= 0.3 is 0 Å². The molecule has 3 heterocycles. The van der Waals surface area contributed by atoms with E-state index in [-0.39, 0.29) is 28.5 Å². The predicted octanol–water partition coefficient (Wildman–Crippen LogP) is 12.0. The number of pyridine rings is 1. The summed E-state index contributed by atoms with van der Waals surface area (Å²) >= 11 is 1.69. The summed E-state index contributed by atoms with van der Waals surface area (Å²) in [6.45, 7) is 16.3. The van der Waals surface area contributed by atoms with E-state index in [0.717, 1.165) is 44.4 Å². The van der Waals surface area contributed by atoms with E-state index in [0.29, 0.717) is 0 Å². The van der Waals surface area contributed by atoms with Crippen LogP contribution in [0.1, 0.15) is 38.9 Å². The number of hydrogen-bond acceptors (Lipinski definition) is 4. The van der Waals surface area contributed by atoms with Crippen LogP contribution < -0.4 is 9.80 Å². The van der Waals surface area contributed by atoms with Gasteiger partial charge in [-0.25, -0.2) is 4.98 Å². The summed E-state index contributed by atoms with van der Waals surface area (Å²) in [6.07, 6.45) is 6.29. The smallest absolute Gasteiger partial charge is 0.136 e. The average Bonchev–Trinajstić information content (AvgIpc) is 3.73. The number of aromatic nitrogens is 2. The molecule has 7 aromatic rings. The van der Waals surface area contributed by atoms with Crippen molar-refractivity contribution in [2.45, 2.75) is 58.3 Å². The second-order valence-electron chi connectivity index (χ2n) is 13.5. The minimum Gasteiger partial charge on any atom is -0.358 e. The van der Waals surface area contributed by atoms with Crippen LogP contribution in [0.3, 0.4) is 0 Å². The Morgan fingerprint density at radius 3 is 2.04 bits per heavy atom. The molecule has 2 aromatic heterocycles. The second-order valence-corrected chi connectivity index (χ2v) is 14.5. The summed E-state index contributed by atoms with van der Waals surface area (Å²) in [5, 5.41) is 2.36. The number of fused-ring (bicyclic) bond motifs is 3. The molecule has 0 amide bonds. The van der Waals surface area contributed by atoms with Crippen LogP contribution in [0.2, 0.25) is 0 Å². The fourth-order valence-electron chi connectivity index (χ4n) is 7.55. The van der Waals surface area contributed by atoms with E-state index >= 15 is 0 Å². The third-order valence-electron chi connectivity index (χ3n) is 10.6. The van der Waals surface area contributed by atoms with Gasteiger partial charge in [-0.3, -0.25) is 0 Å². The van der Waals surface area contributed by atoms with Crippen molar-refractivity contribution in [3.63, 3.8) is 0 Å². The first-order valence-corrected chi connectivity index (χ1v) is 18.0. The molecule has 0 unspecified atom stereocenters. The summed E-state index contributed by atoms with van der Waals surface area (Å²) in [5.41, 5.74) is 16.3. The largest absolute Gasteiger partial charge is 0.358 e. The second kappa shape index (κ2) is 14.8. The zero-order valence-electron chi connectivity index (χ0n) is 31.0. The van der Waals surface area contributed by atoms with Gasteiger partial charge in [0.2, 0.25) is 0 Å². The number of benzene rings is 5. The summed E-state index contributed by atoms with van der Waals surface area (Å²) in [6, 6.07) is 37.7. The van der Waals surface area contributed by atoms with E-state index in [4.69, 9.17) is 4.98 Å². The molecule has 0 aliphatic carbocycles. The van der Waals surface area contributed by atoms with Crippen molar-refractivity contribution in [3.8, 4) is 16.9 Å². The van der Waals surface area contributed by atoms with Gasteiger partial charge in [0.15, 0.2) is 0 Å². The third kappa shape index (κ3) is 6.39. The number of anilines is 2. The molecule has 266 valence electrons. The van der Waals surface area contributed by atoms with E-state index in [1.165, 1.54) is 61.1 Å². The molecule has 1 aliphatic heterocycles. The van der Waals surface area contributed by atoms with Crippen molar-refractivity contribution < 1.29 is 21.1 Å². The summed E-state index contributed by atoms with van der Waals surface area (Å²) in [7, 11) is 0. The van der Waals surface area contributed by atoms with Gasteiger partial charge in [-0.05, 0) is 122 Å². The zero-order chi connectivity index (χ0) is 34.7. The number of aryl methyl sites for hydroxylation is 2. The molecule has 0 N–H and O–H groups in total. The molecule has 8 rings (SSSR count). The van der Waals surface area contributed by atoms with E-state index < -0.39 is 0 Å². The van der Waals surface area contributed by atoms with Crippen LogP contribution in [-0.4, -0.2) is 16.2 Å². The Morgan fingerprint density at radius 2 is 1.29 bits per heavy atom. The molecule has 5 aromatic carbocycles. The summed E-state index contributed by atoms with van der Waals surface area (Å²) in [5.74, 6) is 0.887. The Kier molecular flexibility index (Phi) is 10.6. The van der Waals surface area contributed by atoms with Crippen molar-refractivity contribution in [1.29, 1.82) is 0 Å². The molecule has 0 spiro atoms. The number of nitrogens with zero attached hydrogens (tertiary/aromatic N) is 4. The van der Waals surface area contributed by atoms with Crippen molar-refractivity contribution in [2.75, 3.05) is 16.5 Å². The average molecular weight is 879 g/mol. The fraction of sp³-hybridized carbons (Fsp3) is 0.174. The van der Waals surface area contributed by atoms with Crippen LogP contribution in [0.5, 0.6) is 0 Å². The molecule has 0 bridgehead atoms. The van der Waals surface area contributed by atoms with Gasteiger partial charge in [0.25, 0.3) is 0 Å². The Hall–Kier alpha value is -4.57. The maximum atomic E-state index is 4.90. The van der Waals surface area contributed by atoms with Gasteiger partial charge in [-0.15, -0.1) is 45.1 Å². The molecule has 0 radical (unpaired) electrons. The van der Waals surface area contributed by atoms with E-state index in [9.17, 15) is 0 Å². The van der Waals surface area contributed by atoms with Crippen molar-refractivity contribution in [3.05, 3.63) is 162 Å². The maximum absolute atomic E-state index is 4.90. The Bertz CT molecular complexity index is 2440. The van der Waals surface area contributed by atoms with Crippen molar-refractivity contribution in [2.24, 2.45) is 0 Å². The summed E-state index contributed by atoms with van der Waals surface area (Å²) in [4.78, 5) is 11.6. The number of hydrogen-bond donors (Lipinski definition) is 0. The molecule has 52 heavy (non-hydrogen) atoms. The van der Waals surface area contributed by atoms with Gasteiger partial charge in [0.05, 0.1) is 6.67 Å². The first-order valence-electron chi connectivity index (χ1n) is 17.2. The van der Waals surface area contributed by atoms with Gasteiger partial charge in [-0.2, -0.15) is 24.3 Å². The number of rotatable bonds is 6. The molecule has 6 heteroatoms. The van der Waals surface area contributed by atoms with Crippen LogP contribution in [0.15, 0.2) is 113 Å². The molecule has 0 atom stereocenters. The Morgan fingerprint density at radius 1 is 0.635 bits per heavy atom. The first-order chi connectivity index (χ1) is 24.2. The summed E-state index contributed by atoms with van der Waals surface area (Å²) < 4.78 is 2.26. The van der Waals surface area contributed by atoms with Gasteiger partial charge in [-0.1, -0.05) is 47.6 Å². The van der Waals surface area contributed by atoms with E-state index in [2.05, 4.69) is 172 Å². The van der Waals surface area contributed by atoms with E-state index in [1.807, 2.05) is 6.20 Å². The molecule has 4 nitrogen and oxygen atoms in total. The molecule has 0 saturated carbocycles. The SMILES string of the molecule is Cc1cccc(C)c1-c1ccnc(-n2c3[c-]c(Sc4[c-]c(N5C=CN(c6c(C)c(C)c(C)c(C)c6C)C5)ccc4)ccc3c3ccccc32)c1.[CH3-].[Pt]. The minimum atomic E-state index is 0. The predicted molar refractivity (Wildman–Crippen MR) is 217 cm³/mol. The fourth-order valence-corrected chi connectivity index (χ4v) is 8.37. The molecule has 1 aliphatic rings. The third-order valence-corrected chi connectivity index (χ3v) is 11.5. The molecular formula is C46H43N4PtS-3. The standard InChI is InChI=1S/C45H40N4S.CH3.Pt/c1-28-12-10-13-29(2)44(28)35-20-21-46-43(24-35)49-41-17-9-8-16-39(41)40-19-18-38(26-42(40)49)50-37-15-11-14-36(25-37)47-22-23-48(27-47)45-33(6)31(4)30(3)32(5)34(45)7;;/h8-24H,27H2,1-7H3;1H3;/q-2;-1;. The van der Waals surface area contributed by atoms with Crippen LogP contribution in [-0.2, 0) is 21.1 Å². The minimum absolute atomic E-state index is 0. The normalized spacial score (nSPS) is 12.4. The van der Waals surface area contributed by atoms with Crippen LogP contribution in [0.4, 0.5) is 11.4 Å². The Labute approximate surface area is 327 Å².